The van der Waals surface area contributed by atoms with Gasteiger partial charge in [0.1, 0.15) is 0 Å². The molecule has 0 radical (unpaired) electrons. The Labute approximate surface area is 95.1 Å². The minimum atomic E-state index is 0.885. The highest BCUT2D eigenvalue weighted by molar-refractivity contribution is 5.08. The van der Waals surface area contributed by atoms with E-state index in [0.29, 0.717) is 0 Å². The number of hydrogen-bond donors (Lipinski definition) is 0. The van der Waals surface area contributed by atoms with Gasteiger partial charge in [-0.3, -0.25) is 0 Å². The lowest BCUT2D eigenvalue weighted by molar-refractivity contribution is 0.0647. The molecular weight excluding hydrogens is 180 g/mol. The SMILES string of the molecule is CC1=CC[C@@H]2[C@@H](C1)[C@H](C(C)C)CC[C@@H]2C. The van der Waals surface area contributed by atoms with Gasteiger partial charge < -0.3 is 0 Å². The first-order valence-corrected chi connectivity index (χ1v) is 6.75. The summed E-state index contributed by atoms with van der Waals surface area (Å²) in [4.78, 5) is 0. The summed E-state index contributed by atoms with van der Waals surface area (Å²) in [5, 5.41) is 0. The molecule has 0 heterocycles. The summed E-state index contributed by atoms with van der Waals surface area (Å²) in [6.45, 7) is 9.65. The molecule has 0 heteroatoms. The van der Waals surface area contributed by atoms with Gasteiger partial charge in [0.25, 0.3) is 0 Å². The van der Waals surface area contributed by atoms with E-state index in [-0.39, 0.29) is 0 Å². The number of fused-ring (bicyclic) bond motifs is 1. The lowest BCUT2D eigenvalue weighted by Crippen LogP contribution is -2.37. The van der Waals surface area contributed by atoms with Crippen LogP contribution in [0.5, 0.6) is 0 Å². The van der Waals surface area contributed by atoms with Crippen molar-refractivity contribution in [1.29, 1.82) is 0 Å². The fourth-order valence-electron chi connectivity index (χ4n) is 3.95. The van der Waals surface area contributed by atoms with Gasteiger partial charge in [-0.25, -0.2) is 0 Å². The van der Waals surface area contributed by atoms with Crippen molar-refractivity contribution >= 4 is 0 Å². The largest absolute Gasteiger partial charge is 0.0853 e. The molecule has 4 atom stereocenters. The highest BCUT2D eigenvalue weighted by Gasteiger charge is 2.39. The third-order valence-electron chi connectivity index (χ3n) is 4.94. The third-order valence-corrected chi connectivity index (χ3v) is 4.94. The van der Waals surface area contributed by atoms with Crippen LogP contribution in [0, 0.1) is 29.6 Å². The maximum atomic E-state index is 2.50. The molecule has 0 unspecified atom stereocenters. The van der Waals surface area contributed by atoms with Gasteiger partial charge in [-0.15, -0.1) is 0 Å². The molecule has 1 fully saturated rings. The zero-order chi connectivity index (χ0) is 11.0. The maximum absolute atomic E-state index is 2.50. The lowest BCUT2D eigenvalue weighted by Gasteiger charge is -2.46. The summed E-state index contributed by atoms with van der Waals surface area (Å²) in [5.74, 6) is 4.84. The van der Waals surface area contributed by atoms with Gasteiger partial charge in [-0.1, -0.05) is 38.8 Å². The van der Waals surface area contributed by atoms with Crippen LogP contribution in [-0.2, 0) is 0 Å². The molecular formula is C15H26. The van der Waals surface area contributed by atoms with E-state index < -0.39 is 0 Å². The minimum Gasteiger partial charge on any atom is -0.0853 e. The fraction of sp³-hybridized carbons (Fsp3) is 0.867. The van der Waals surface area contributed by atoms with E-state index in [1.54, 1.807) is 5.57 Å². The topological polar surface area (TPSA) is 0 Å². The van der Waals surface area contributed by atoms with Gasteiger partial charge in [0.05, 0.1) is 0 Å². The Balaban J connectivity index is 2.17. The highest BCUT2D eigenvalue weighted by atomic mass is 14.4. The molecule has 1 saturated carbocycles. The van der Waals surface area contributed by atoms with E-state index in [2.05, 4.69) is 33.8 Å². The monoisotopic (exact) mass is 206 g/mol. The Morgan fingerprint density at radius 2 is 1.93 bits per heavy atom. The Bertz CT molecular complexity index is 249. The van der Waals surface area contributed by atoms with Gasteiger partial charge in [0, 0.05) is 0 Å². The van der Waals surface area contributed by atoms with Crippen LogP contribution in [0.25, 0.3) is 0 Å². The predicted molar refractivity (Wildman–Crippen MR) is 66.7 cm³/mol. The Morgan fingerprint density at radius 3 is 2.60 bits per heavy atom. The molecule has 0 N–H and O–H groups in total. The van der Waals surface area contributed by atoms with E-state index in [0.717, 1.165) is 29.6 Å². The number of hydrogen-bond acceptors (Lipinski definition) is 0. The molecule has 0 amide bonds. The van der Waals surface area contributed by atoms with Crippen molar-refractivity contribution < 1.29 is 0 Å². The molecule has 2 aliphatic carbocycles. The summed E-state index contributed by atoms with van der Waals surface area (Å²) in [7, 11) is 0. The van der Waals surface area contributed by atoms with E-state index >= 15 is 0 Å². The van der Waals surface area contributed by atoms with Crippen LogP contribution in [0.15, 0.2) is 11.6 Å². The van der Waals surface area contributed by atoms with Crippen molar-refractivity contribution in [1.82, 2.24) is 0 Å². The van der Waals surface area contributed by atoms with E-state index in [9.17, 15) is 0 Å². The molecule has 0 nitrogen and oxygen atoms in total. The van der Waals surface area contributed by atoms with E-state index in [1.165, 1.54) is 25.7 Å². The zero-order valence-corrected chi connectivity index (χ0v) is 10.8. The summed E-state index contributed by atoms with van der Waals surface area (Å²) in [6.07, 6.45) is 8.20. The van der Waals surface area contributed by atoms with Crippen molar-refractivity contribution in [2.45, 2.75) is 53.4 Å². The van der Waals surface area contributed by atoms with Crippen LogP contribution in [0.1, 0.15) is 53.4 Å². The van der Waals surface area contributed by atoms with Crippen LogP contribution >= 0.6 is 0 Å². The molecule has 2 aliphatic rings. The molecule has 0 saturated heterocycles. The standard InChI is InChI=1S/C15H26/c1-10(2)13-8-6-12(4)14-7-5-11(3)9-15(13)14/h5,10,12-15H,6-9H2,1-4H3/t12-,13-,14-,15-/m0/s1. The van der Waals surface area contributed by atoms with Crippen LogP contribution < -0.4 is 0 Å². The Morgan fingerprint density at radius 1 is 1.20 bits per heavy atom. The average Bonchev–Trinajstić information content (AvgIpc) is 2.17. The smallest absolute Gasteiger partial charge is 0.0289 e. The van der Waals surface area contributed by atoms with Gasteiger partial charge in [0.15, 0.2) is 0 Å². The quantitative estimate of drug-likeness (QED) is 0.547. The van der Waals surface area contributed by atoms with Gasteiger partial charge in [-0.05, 0) is 55.8 Å². The van der Waals surface area contributed by atoms with Crippen LogP contribution in [0.4, 0.5) is 0 Å². The van der Waals surface area contributed by atoms with Crippen molar-refractivity contribution in [3.8, 4) is 0 Å². The first kappa shape index (κ1) is 11.2. The third kappa shape index (κ3) is 2.14. The van der Waals surface area contributed by atoms with Crippen LogP contribution in [-0.4, -0.2) is 0 Å². The molecule has 0 spiro atoms. The van der Waals surface area contributed by atoms with E-state index in [4.69, 9.17) is 0 Å². The number of rotatable bonds is 1. The molecule has 0 aromatic carbocycles. The molecule has 0 aromatic heterocycles. The second-order valence-corrected chi connectivity index (χ2v) is 6.28. The highest BCUT2D eigenvalue weighted by Crippen LogP contribution is 2.48. The Kier molecular flexibility index (Phi) is 3.23. The van der Waals surface area contributed by atoms with Crippen molar-refractivity contribution in [2.24, 2.45) is 29.6 Å². The number of allylic oxidation sites excluding steroid dienone is 2. The summed E-state index contributed by atoms with van der Waals surface area (Å²) in [6, 6.07) is 0. The summed E-state index contributed by atoms with van der Waals surface area (Å²) < 4.78 is 0. The molecule has 0 aliphatic heterocycles. The second kappa shape index (κ2) is 4.31. The van der Waals surface area contributed by atoms with Crippen molar-refractivity contribution in [2.75, 3.05) is 0 Å². The van der Waals surface area contributed by atoms with Gasteiger partial charge in [-0.2, -0.15) is 0 Å². The van der Waals surface area contributed by atoms with Gasteiger partial charge in [0.2, 0.25) is 0 Å². The molecule has 86 valence electrons. The molecule has 15 heavy (non-hydrogen) atoms. The first-order chi connectivity index (χ1) is 7.09. The summed E-state index contributed by atoms with van der Waals surface area (Å²) >= 11 is 0. The molecule has 2 rings (SSSR count). The lowest BCUT2D eigenvalue weighted by atomic mass is 9.59. The first-order valence-electron chi connectivity index (χ1n) is 6.75. The zero-order valence-electron chi connectivity index (χ0n) is 10.8. The van der Waals surface area contributed by atoms with Crippen LogP contribution in [0.3, 0.4) is 0 Å². The predicted octanol–water partition coefficient (Wildman–Crippen LogP) is 4.66. The molecule has 0 aromatic rings. The maximum Gasteiger partial charge on any atom is -0.0289 e. The second-order valence-electron chi connectivity index (χ2n) is 6.28. The average molecular weight is 206 g/mol. The van der Waals surface area contributed by atoms with Crippen LogP contribution in [0.2, 0.25) is 0 Å². The Hall–Kier alpha value is -0.260. The normalized spacial score (nSPS) is 41.3. The fourth-order valence-corrected chi connectivity index (χ4v) is 3.95. The summed E-state index contributed by atoms with van der Waals surface area (Å²) in [5.41, 5.74) is 1.65. The van der Waals surface area contributed by atoms with E-state index in [1.807, 2.05) is 0 Å². The minimum absolute atomic E-state index is 0.885. The molecule has 0 bridgehead atoms. The van der Waals surface area contributed by atoms with Crippen molar-refractivity contribution in [3.63, 3.8) is 0 Å². The van der Waals surface area contributed by atoms with Crippen molar-refractivity contribution in [3.05, 3.63) is 11.6 Å². The van der Waals surface area contributed by atoms with Gasteiger partial charge >= 0.3 is 0 Å².